The fraction of sp³-hybridized carbons (Fsp3) is 0.524. The zero-order valence-electron chi connectivity index (χ0n) is 17.3. The first kappa shape index (κ1) is 21.5. The Bertz CT molecular complexity index is 774. The fourth-order valence-corrected chi connectivity index (χ4v) is 3.75. The normalized spacial score (nSPS) is 15.3. The van der Waals surface area contributed by atoms with Crippen molar-refractivity contribution in [3.8, 4) is 5.75 Å². The number of guanidine groups is 1. The van der Waals surface area contributed by atoms with Crippen LogP contribution in [-0.4, -0.2) is 68.9 Å². The van der Waals surface area contributed by atoms with Crippen LogP contribution in [0.4, 0.5) is 0 Å². The summed E-state index contributed by atoms with van der Waals surface area (Å²) in [6.07, 6.45) is 0.886. The Kier molecular flexibility index (Phi) is 8.73. The van der Waals surface area contributed by atoms with E-state index in [4.69, 9.17) is 9.47 Å². The van der Waals surface area contributed by atoms with Crippen LogP contribution in [0, 0.1) is 6.92 Å². The molecule has 2 N–H and O–H groups in total. The molecule has 0 radical (unpaired) electrons. The molecule has 1 aromatic carbocycles. The first-order valence-corrected chi connectivity index (χ1v) is 11.0. The van der Waals surface area contributed by atoms with E-state index in [-0.39, 0.29) is 0 Å². The molecule has 0 amide bonds. The number of benzene rings is 1. The Morgan fingerprint density at radius 1 is 1.31 bits per heavy atom. The molecule has 1 aliphatic heterocycles. The number of hydrogen-bond donors (Lipinski definition) is 2. The number of ether oxygens (including phenoxy) is 2. The summed E-state index contributed by atoms with van der Waals surface area (Å²) in [4.78, 5) is 11.2. The Balaban J connectivity index is 1.37. The third-order valence-corrected chi connectivity index (χ3v) is 5.52. The SMILES string of the molecule is CN=C(NCCc1csc(C)n1)NCc1cccc(OCCN2CCOCC2)c1. The molecule has 3 rings (SSSR count). The van der Waals surface area contributed by atoms with Crippen molar-refractivity contribution in [3.05, 3.63) is 45.9 Å². The van der Waals surface area contributed by atoms with E-state index in [0.29, 0.717) is 13.2 Å². The summed E-state index contributed by atoms with van der Waals surface area (Å²) in [5.74, 6) is 1.69. The Morgan fingerprint density at radius 2 is 2.17 bits per heavy atom. The molecular formula is C21H31N5O2S. The van der Waals surface area contributed by atoms with Crippen LogP contribution in [0.5, 0.6) is 5.75 Å². The topological polar surface area (TPSA) is 71.0 Å². The number of rotatable bonds is 9. The molecular weight excluding hydrogens is 386 g/mol. The number of aromatic nitrogens is 1. The molecule has 1 aromatic heterocycles. The van der Waals surface area contributed by atoms with Gasteiger partial charge in [-0.15, -0.1) is 11.3 Å². The minimum Gasteiger partial charge on any atom is -0.492 e. The first-order chi connectivity index (χ1) is 14.2. The molecule has 0 aliphatic carbocycles. The summed E-state index contributed by atoms with van der Waals surface area (Å²) >= 11 is 1.69. The highest BCUT2D eigenvalue weighted by Gasteiger charge is 2.09. The van der Waals surface area contributed by atoms with Crippen molar-refractivity contribution in [1.82, 2.24) is 20.5 Å². The van der Waals surface area contributed by atoms with Gasteiger partial charge in [-0.05, 0) is 24.6 Å². The molecule has 0 bridgehead atoms. The lowest BCUT2D eigenvalue weighted by atomic mass is 10.2. The monoisotopic (exact) mass is 417 g/mol. The highest BCUT2D eigenvalue weighted by molar-refractivity contribution is 7.09. The molecule has 0 atom stereocenters. The number of aryl methyl sites for hydroxylation is 1. The standard InChI is InChI=1S/C21H31N5O2S/c1-17-25-19(16-29-17)6-7-23-21(22-2)24-15-18-4-3-5-20(14-18)28-13-10-26-8-11-27-12-9-26/h3-5,14,16H,6-13,15H2,1-2H3,(H2,22,23,24). The summed E-state index contributed by atoms with van der Waals surface area (Å²) in [6.45, 7) is 8.76. The Hall–Kier alpha value is -2.16. The van der Waals surface area contributed by atoms with Crippen molar-refractivity contribution in [2.75, 3.05) is 53.0 Å². The Morgan fingerprint density at radius 3 is 2.93 bits per heavy atom. The quantitative estimate of drug-likeness (QED) is 0.481. The molecule has 8 heteroatoms. The molecule has 0 unspecified atom stereocenters. The van der Waals surface area contributed by atoms with Gasteiger partial charge in [0.25, 0.3) is 0 Å². The average Bonchev–Trinajstić information content (AvgIpc) is 3.16. The van der Waals surface area contributed by atoms with Gasteiger partial charge >= 0.3 is 0 Å². The molecule has 0 saturated carbocycles. The molecule has 7 nitrogen and oxygen atoms in total. The molecule has 1 fully saturated rings. The van der Waals surface area contributed by atoms with Gasteiger partial charge in [-0.25, -0.2) is 4.98 Å². The largest absolute Gasteiger partial charge is 0.492 e. The third-order valence-electron chi connectivity index (χ3n) is 4.70. The minimum absolute atomic E-state index is 0.691. The van der Waals surface area contributed by atoms with Gasteiger partial charge in [-0.2, -0.15) is 0 Å². The van der Waals surface area contributed by atoms with E-state index in [9.17, 15) is 0 Å². The van der Waals surface area contributed by atoms with E-state index in [0.717, 1.165) is 73.8 Å². The van der Waals surface area contributed by atoms with Gasteiger partial charge in [0.05, 0.1) is 23.9 Å². The van der Waals surface area contributed by atoms with Crippen molar-refractivity contribution in [2.24, 2.45) is 4.99 Å². The maximum absolute atomic E-state index is 5.94. The number of hydrogen-bond acceptors (Lipinski definition) is 6. The van der Waals surface area contributed by atoms with Crippen LogP contribution in [0.15, 0.2) is 34.6 Å². The second kappa shape index (κ2) is 11.7. The van der Waals surface area contributed by atoms with Crippen LogP contribution in [-0.2, 0) is 17.7 Å². The number of nitrogens with zero attached hydrogens (tertiary/aromatic N) is 3. The van der Waals surface area contributed by atoms with Gasteiger partial charge < -0.3 is 20.1 Å². The van der Waals surface area contributed by atoms with Crippen LogP contribution in [0.1, 0.15) is 16.3 Å². The number of thiazole rings is 1. The molecule has 158 valence electrons. The lowest BCUT2D eigenvalue weighted by molar-refractivity contribution is 0.0322. The molecule has 2 heterocycles. The summed E-state index contributed by atoms with van der Waals surface area (Å²) in [5.41, 5.74) is 2.28. The lowest BCUT2D eigenvalue weighted by Gasteiger charge is -2.26. The number of aliphatic imine (C=N–C) groups is 1. The molecule has 0 spiro atoms. The smallest absolute Gasteiger partial charge is 0.191 e. The number of nitrogens with one attached hydrogen (secondary N) is 2. The van der Waals surface area contributed by atoms with Gasteiger partial charge in [0, 0.05) is 51.6 Å². The van der Waals surface area contributed by atoms with Crippen molar-refractivity contribution in [3.63, 3.8) is 0 Å². The van der Waals surface area contributed by atoms with E-state index in [1.807, 2.05) is 19.1 Å². The summed E-state index contributed by atoms with van der Waals surface area (Å²) < 4.78 is 11.3. The lowest BCUT2D eigenvalue weighted by Crippen LogP contribution is -2.38. The van der Waals surface area contributed by atoms with Crippen molar-refractivity contribution < 1.29 is 9.47 Å². The molecule has 2 aromatic rings. The summed E-state index contributed by atoms with van der Waals surface area (Å²) in [6, 6.07) is 8.21. The van der Waals surface area contributed by atoms with Crippen molar-refractivity contribution >= 4 is 17.3 Å². The van der Waals surface area contributed by atoms with Crippen LogP contribution >= 0.6 is 11.3 Å². The highest BCUT2D eigenvalue weighted by Crippen LogP contribution is 2.13. The molecule has 1 saturated heterocycles. The van der Waals surface area contributed by atoms with E-state index in [2.05, 4.69) is 43.0 Å². The van der Waals surface area contributed by atoms with Crippen LogP contribution in [0.3, 0.4) is 0 Å². The predicted molar refractivity (Wildman–Crippen MR) is 118 cm³/mol. The second-order valence-corrected chi connectivity index (χ2v) is 7.97. The van der Waals surface area contributed by atoms with Gasteiger partial charge in [-0.1, -0.05) is 12.1 Å². The van der Waals surface area contributed by atoms with Gasteiger partial charge in [-0.3, -0.25) is 9.89 Å². The zero-order valence-corrected chi connectivity index (χ0v) is 18.1. The first-order valence-electron chi connectivity index (χ1n) is 10.1. The van der Waals surface area contributed by atoms with E-state index < -0.39 is 0 Å². The van der Waals surface area contributed by atoms with Gasteiger partial charge in [0.1, 0.15) is 12.4 Å². The maximum atomic E-state index is 5.94. The van der Waals surface area contributed by atoms with E-state index >= 15 is 0 Å². The van der Waals surface area contributed by atoms with Gasteiger partial charge in [0.15, 0.2) is 5.96 Å². The third kappa shape index (κ3) is 7.64. The summed E-state index contributed by atoms with van der Waals surface area (Å²) in [5, 5.41) is 9.91. The predicted octanol–water partition coefficient (Wildman–Crippen LogP) is 2.07. The van der Waals surface area contributed by atoms with Crippen LogP contribution < -0.4 is 15.4 Å². The highest BCUT2D eigenvalue weighted by atomic mass is 32.1. The van der Waals surface area contributed by atoms with E-state index in [1.54, 1.807) is 18.4 Å². The maximum Gasteiger partial charge on any atom is 0.191 e. The summed E-state index contributed by atoms with van der Waals surface area (Å²) in [7, 11) is 1.79. The molecule has 1 aliphatic rings. The second-order valence-electron chi connectivity index (χ2n) is 6.91. The Labute approximate surface area is 177 Å². The minimum atomic E-state index is 0.691. The van der Waals surface area contributed by atoms with Gasteiger partial charge in [0.2, 0.25) is 0 Å². The van der Waals surface area contributed by atoms with Crippen LogP contribution in [0.2, 0.25) is 0 Å². The molecule has 29 heavy (non-hydrogen) atoms. The van der Waals surface area contributed by atoms with Crippen molar-refractivity contribution in [2.45, 2.75) is 19.9 Å². The fourth-order valence-electron chi connectivity index (χ4n) is 3.10. The zero-order chi connectivity index (χ0) is 20.3. The van der Waals surface area contributed by atoms with Crippen LogP contribution in [0.25, 0.3) is 0 Å². The average molecular weight is 418 g/mol. The van der Waals surface area contributed by atoms with E-state index in [1.165, 1.54) is 0 Å². The number of morpholine rings is 1. The van der Waals surface area contributed by atoms with Crippen molar-refractivity contribution in [1.29, 1.82) is 0 Å².